The highest BCUT2D eigenvalue weighted by Gasteiger charge is 2.24. The van der Waals surface area contributed by atoms with Gasteiger partial charge in [-0.2, -0.15) is 0 Å². The van der Waals surface area contributed by atoms with Gasteiger partial charge in [-0.25, -0.2) is 4.57 Å². The van der Waals surface area contributed by atoms with Gasteiger partial charge >= 0.3 is 0 Å². The van der Waals surface area contributed by atoms with Crippen LogP contribution in [0, 0.1) is 20.8 Å². The minimum atomic E-state index is -1.31. The Labute approximate surface area is 124 Å². The van der Waals surface area contributed by atoms with Crippen LogP contribution in [-0.2, 0) is 7.05 Å². The number of benzene rings is 1. The fraction of sp³-hybridized carbons (Fsp3) is 0.389. The molecule has 20 heavy (non-hydrogen) atoms. The summed E-state index contributed by atoms with van der Waals surface area (Å²) in [5, 5.41) is 1.56. The van der Waals surface area contributed by atoms with Crippen LogP contribution in [0.3, 0.4) is 0 Å². The SMILES string of the molecule is Cc1ccc(C)c(-c2cc([Si](C)(C)C)c(C)c[n+]2C)c1. The molecule has 0 radical (unpaired) electrons. The largest absolute Gasteiger partial charge is 0.212 e. The monoisotopic (exact) mass is 284 g/mol. The van der Waals surface area contributed by atoms with E-state index in [0.717, 1.165) is 0 Å². The minimum Gasteiger partial charge on any atom is -0.201 e. The quantitative estimate of drug-likeness (QED) is 0.585. The molecule has 0 N–H and O–H groups in total. The van der Waals surface area contributed by atoms with Gasteiger partial charge in [0.1, 0.15) is 7.05 Å². The topological polar surface area (TPSA) is 3.88 Å². The minimum absolute atomic E-state index is 1.31. The number of nitrogens with zero attached hydrogens (tertiary/aromatic N) is 1. The second-order valence-electron chi connectivity index (χ2n) is 6.93. The van der Waals surface area contributed by atoms with Crippen LogP contribution in [-0.4, -0.2) is 8.07 Å². The number of hydrogen-bond donors (Lipinski definition) is 0. The van der Waals surface area contributed by atoms with Crippen molar-refractivity contribution in [1.29, 1.82) is 0 Å². The van der Waals surface area contributed by atoms with Gasteiger partial charge in [0.25, 0.3) is 0 Å². The molecular weight excluding hydrogens is 258 g/mol. The van der Waals surface area contributed by atoms with Crippen molar-refractivity contribution in [1.82, 2.24) is 0 Å². The van der Waals surface area contributed by atoms with Gasteiger partial charge in [-0.15, -0.1) is 0 Å². The first kappa shape index (κ1) is 15.0. The van der Waals surface area contributed by atoms with Crippen molar-refractivity contribution in [2.75, 3.05) is 0 Å². The molecule has 2 aromatic rings. The lowest BCUT2D eigenvalue weighted by Crippen LogP contribution is -2.44. The van der Waals surface area contributed by atoms with Crippen molar-refractivity contribution in [2.24, 2.45) is 7.05 Å². The lowest BCUT2D eigenvalue weighted by Gasteiger charge is -2.19. The van der Waals surface area contributed by atoms with Gasteiger partial charge < -0.3 is 0 Å². The number of hydrogen-bond acceptors (Lipinski definition) is 0. The summed E-state index contributed by atoms with van der Waals surface area (Å²) in [6, 6.07) is 9.13. The molecule has 0 amide bonds. The molecule has 0 spiro atoms. The van der Waals surface area contributed by atoms with E-state index in [4.69, 9.17) is 0 Å². The van der Waals surface area contributed by atoms with E-state index in [1.807, 2.05) is 0 Å². The van der Waals surface area contributed by atoms with Crippen LogP contribution >= 0.6 is 0 Å². The van der Waals surface area contributed by atoms with Crippen LogP contribution in [0.25, 0.3) is 11.3 Å². The Kier molecular flexibility index (Phi) is 3.87. The highest BCUT2D eigenvalue weighted by atomic mass is 28.3. The molecule has 1 heterocycles. The van der Waals surface area contributed by atoms with Crippen molar-refractivity contribution in [3.05, 3.63) is 47.2 Å². The van der Waals surface area contributed by atoms with E-state index >= 15 is 0 Å². The summed E-state index contributed by atoms with van der Waals surface area (Å²) in [4.78, 5) is 0. The first-order valence-corrected chi connectivity index (χ1v) is 10.8. The Morgan fingerprint density at radius 3 is 2.15 bits per heavy atom. The van der Waals surface area contributed by atoms with Crippen molar-refractivity contribution in [3.63, 3.8) is 0 Å². The highest BCUT2D eigenvalue weighted by molar-refractivity contribution is 6.89. The normalized spacial score (nSPS) is 11.8. The summed E-state index contributed by atoms with van der Waals surface area (Å²) in [5.41, 5.74) is 6.76. The molecule has 0 aliphatic heterocycles. The molecule has 1 nitrogen and oxygen atoms in total. The Bertz CT molecular complexity index is 651. The van der Waals surface area contributed by atoms with Crippen LogP contribution in [0.1, 0.15) is 16.7 Å². The predicted molar refractivity (Wildman–Crippen MR) is 90.2 cm³/mol. The van der Waals surface area contributed by atoms with Crippen LogP contribution in [0.4, 0.5) is 0 Å². The molecule has 0 saturated heterocycles. The molecule has 0 unspecified atom stereocenters. The maximum Gasteiger partial charge on any atom is 0.212 e. The van der Waals surface area contributed by atoms with Gasteiger partial charge in [0.15, 0.2) is 6.20 Å². The van der Waals surface area contributed by atoms with Crippen LogP contribution in [0.5, 0.6) is 0 Å². The third-order valence-electron chi connectivity index (χ3n) is 3.95. The number of rotatable bonds is 2. The first-order chi connectivity index (χ1) is 9.20. The molecule has 0 bridgehead atoms. The zero-order valence-electron chi connectivity index (χ0n) is 13.8. The first-order valence-electron chi connectivity index (χ1n) is 7.28. The Balaban J connectivity index is 2.71. The van der Waals surface area contributed by atoms with E-state index in [9.17, 15) is 0 Å². The predicted octanol–water partition coefficient (Wildman–Crippen LogP) is 3.65. The van der Waals surface area contributed by atoms with E-state index in [1.54, 1.807) is 5.19 Å². The van der Waals surface area contributed by atoms with Crippen LogP contribution < -0.4 is 9.75 Å². The summed E-state index contributed by atoms with van der Waals surface area (Å²) >= 11 is 0. The van der Waals surface area contributed by atoms with Gasteiger partial charge in [-0.3, -0.25) is 0 Å². The smallest absolute Gasteiger partial charge is 0.201 e. The lowest BCUT2D eigenvalue weighted by atomic mass is 10.0. The highest BCUT2D eigenvalue weighted by Crippen LogP contribution is 2.22. The Morgan fingerprint density at radius 2 is 1.55 bits per heavy atom. The summed E-state index contributed by atoms with van der Waals surface area (Å²) in [6.07, 6.45) is 2.28. The van der Waals surface area contributed by atoms with Gasteiger partial charge in [0.05, 0.1) is 8.07 Å². The molecular formula is C18H26NSi+. The molecule has 1 aromatic heterocycles. The number of aromatic nitrogens is 1. The van der Waals surface area contributed by atoms with Crippen molar-refractivity contribution >= 4 is 13.3 Å². The van der Waals surface area contributed by atoms with Gasteiger partial charge in [0.2, 0.25) is 5.69 Å². The molecule has 0 atom stereocenters. The summed E-state index contributed by atoms with van der Waals surface area (Å²) < 4.78 is 2.26. The second-order valence-corrected chi connectivity index (χ2v) is 12.0. The molecule has 1 aromatic carbocycles. The van der Waals surface area contributed by atoms with Gasteiger partial charge in [0, 0.05) is 17.2 Å². The van der Waals surface area contributed by atoms with Crippen molar-refractivity contribution < 1.29 is 4.57 Å². The van der Waals surface area contributed by atoms with Gasteiger partial charge in [-0.05, 0) is 37.6 Å². The summed E-state index contributed by atoms with van der Waals surface area (Å²) in [5.74, 6) is 0. The van der Waals surface area contributed by atoms with E-state index in [0.29, 0.717) is 0 Å². The molecule has 0 saturated carbocycles. The van der Waals surface area contributed by atoms with E-state index in [1.165, 1.54) is 27.9 Å². The second kappa shape index (κ2) is 5.17. The zero-order valence-corrected chi connectivity index (χ0v) is 14.8. The molecule has 0 fully saturated rings. The van der Waals surface area contributed by atoms with Crippen molar-refractivity contribution in [2.45, 2.75) is 40.4 Å². The zero-order chi connectivity index (χ0) is 15.1. The molecule has 2 rings (SSSR count). The van der Waals surface area contributed by atoms with Gasteiger partial charge in [-0.1, -0.05) is 37.3 Å². The van der Waals surface area contributed by atoms with E-state index in [-0.39, 0.29) is 0 Å². The fourth-order valence-electron chi connectivity index (χ4n) is 2.87. The Hall–Kier alpha value is -1.41. The van der Waals surface area contributed by atoms with Crippen LogP contribution in [0.15, 0.2) is 30.5 Å². The van der Waals surface area contributed by atoms with Crippen molar-refractivity contribution in [3.8, 4) is 11.3 Å². The number of aryl methyl sites for hydroxylation is 4. The molecule has 2 heteroatoms. The van der Waals surface area contributed by atoms with E-state index < -0.39 is 8.07 Å². The fourth-order valence-corrected chi connectivity index (χ4v) is 4.69. The molecule has 0 aliphatic rings. The number of pyridine rings is 1. The standard InChI is InChI=1S/C18H26NSi/c1-13-8-9-14(2)16(10-13)17-11-18(20(5,6)7)15(3)12-19(17)4/h8-12H,1-7H3/q+1. The third kappa shape index (κ3) is 2.85. The summed E-state index contributed by atoms with van der Waals surface area (Å²) in [7, 11) is 0.841. The third-order valence-corrected chi connectivity index (χ3v) is 6.10. The molecule has 106 valence electrons. The summed E-state index contributed by atoms with van der Waals surface area (Å²) in [6.45, 7) is 13.9. The maximum atomic E-state index is 2.42. The Morgan fingerprint density at radius 1 is 0.900 bits per heavy atom. The molecule has 0 aliphatic carbocycles. The van der Waals surface area contributed by atoms with Crippen LogP contribution in [0.2, 0.25) is 19.6 Å². The van der Waals surface area contributed by atoms with E-state index in [2.05, 4.69) is 82.5 Å². The lowest BCUT2D eigenvalue weighted by molar-refractivity contribution is -0.660. The average molecular weight is 284 g/mol. The maximum absolute atomic E-state index is 2.42. The average Bonchev–Trinajstić information content (AvgIpc) is 2.31.